The number of nitrogens with zero attached hydrogens (tertiary/aromatic N) is 1. The van der Waals surface area contributed by atoms with Gasteiger partial charge in [0.2, 0.25) is 0 Å². The first kappa shape index (κ1) is 24.3. The van der Waals surface area contributed by atoms with E-state index in [0.717, 1.165) is 47.9 Å². The number of hydrogen-bond acceptors (Lipinski definition) is 5. The van der Waals surface area contributed by atoms with Crippen LogP contribution >= 0.6 is 0 Å². The molecule has 1 spiro atoms. The van der Waals surface area contributed by atoms with E-state index in [-0.39, 0.29) is 23.3 Å². The Hall–Kier alpha value is -3.74. The zero-order valence-corrected chi connectivity index (χ0v) is 22.0. The van der Waals surface area contributed by atoms with Gasteiger partial charge in [0.25, 0.3) is 5.91 Å². The molecule has 3 aromatic rings. The molecule has 2 bridgehead atoms. The normalized spacial score (nSPS) is 27.9. The molecule has 0 aromatic heterocycles. The van der Waals surface area contributed by atoms with Gasteiger partial charge in [0.15, 0.2) is 0 Å². The Bertz CT molecular complexity index is 1480. The number of aliphatic hydroxyl groups is 1. The molecule has 1 fully saturated rings. The maximum Gasteiger partial charge on any atom is 0.255 e. The summed E-state index contributed by atoms with van der Waals surface area (Å²) in [6.07, 6.45) is 6.47. The number of amides is 1. The molecule has 2 aliphatic heterocycles. The van der Waals surface area contributed by atoms with Gasteiger partial charge in [-0.2, -0.15) is 0 Å². The summed E-state index contributed by atoms with van der Waals surface area (Å²) in [5.41, 5.74) is 6.65. The molecule has 0 radical (unpaired) electrons. The highest BCUT2D eigenvalue weighted by Crippen LogP contribution is 2.61. The summed E-state index contributed by atoms with van der Waals surface area (Å²) in [5, 5.41) is 14.0. The van der Waals surface area contributed by atoms with E-state index in [1.165, 1.54) is 5.56 Å². The summed E-state index contributed by atoms with van der Waals surface area (Å²) in [6, 6.07) is 20.2. The van der Waals surface area contributed by atoms with Crippen LogP contribution in [0.2, 0.25) is 0 Å². The van der Waals surface area contributed by atoms with Crippen molar-refractivity contribution in [1.29, 1.82) is 0 Å². The van der Waals surface area contributed by atoms with Gasteiger partial charge in [-0.15, -0.1) is 0 Å². The third-order valence-electron chi connectivity index (χ3n) is 9.45. The molecule has 4 aliphatic rings. The Morgan fingerprint density at radius 3 is 2.56 bits per heavy atom. The van der Waals surface area contributed by atoms with Crippen LogP contribution in [0.3, 0.4) is 0 Å². The summed E-state index contributed by atoms with van der Waals surface area (Å²) >= 11 is 0. The lowest BCUT2D eigenvalue weighted by atomic mass is 9.53. The molecule has 3 aromatic carbocycles. The number of ether oxygens (including phenoxy) is 1. The third kappa shape index (κ3) is 3.69. The highest BCUT2D eigenvalue weighted by atomic mass is 16.5. The smallest absolute Gasteiger partial charge is 0.255 e. The second-order valence-electron chi connectivity index (χ2n) is 11.4. The second kappa shape index (κ2) is 9.18. The lowest BCUT2D eigenvalue weighted by Crippen LogP contribution is -2.64. The van der Waals surface area contributed by atoms with Crippen LogP contribution in [0.25, 0.3) is 11.1 Å². The molecular weight excluding hydrogens is 488 g/mol. The lowest BCUT2D eigenvalue weighted by Gasteiger charge is -2.56. The van der Waals surface area contributed by atoms with Crippen LogP contribution in [0.5, 0.6) is 5.75 Å². The van der Waals surface area contributed by atoms with Gasteiger partial charge < -0.3 is 20.1 Å². The van der Waals surface area contributed by atoms with E-state index in [1.54, 1.807) is 0 Å². The number of aliphatic hydroxyl groups excluding tert-OH is 1. The summed E-state index contributed by atoms with van der Waals surface area (Å²) in [5.74, 6) is 0.821. The third-order valence-corrected chi connectivity index (χ3v) is 9.45. The minimum atomic E-state index is -0.675. The van der Waals surface area contributed by atoms with E-state index in [4.69, 9.17) is 4.74 Å². The predicted molar refractivity (Wildman–Crippen MR) is 149 cm³/mol. The monoisotopic (exact) mass is 520 g/mol. The van der Waals surface area contributed by atoms with Crippen LogP contribution < -0.4 is 10.1 Å². The Morgan fingerprint density at radius 2 is 1.82 bits per heavy atom. The van der Waals surface area contributed by atoms with Crippen molar-refractivity contribution in [2.75, 3.05) is 20.1 Å². The number of carbonyl (C=O) groups is 2. The van der Waals surface area contributed by atoms with E-state index in [0.29, 0.717) is 35.9 Å². The van der Waals surface area contributed by atoms with E-state index >= 15 is 0 Å². The minimum Gasteiger partial charge on any atom is -0.485 e. The molecule has 198 valence electrons. The average Bonchev–Trinajstić information content (AvgIpc) is 3.32. The summed E-state index contributed by atoms with van der Waals surface area (Å²) in [4.78, 5) is 26.7. The SMILES string of the molecule is CN1CCC23c4c5ccc(C(=O)NCCc6ccc(-c7ccc(C=O)cc7)cc6)c4OC2C(O)C=C[C@H]3[C@H]1C5. The number of piperidine rings is 1. The van der Waals surface area contributed by atoms with Gasteiger partial charge in [0.05, 0.1) is 5.56 Å². The van der Waals surface area contributed by atoms with Crippen LogP contribution in [0, 0.1) is 5.92 Å². The van der Waals surface area contributed by atoms with Gasteiger partial charge in [0, 0.05) is 35.0 Å². The molecule has 2 N–H and O–H groups in total. The van der Waals surface area contributed by atoms with Crippen molar-refractivity contribution in [2.45, 2.75) is 42.9 Å². The maximum atomic E-state index is 13.4. The van der Waals surface area contributed by atoms with Crippen molar-refractivity contribution in [3.63, 3.8) is 0 Å². The molecule has 2 aliphatic carbocycles. The fourth-order valence-electron chi connectivity index (χ4n) is 7.46. The highest BCUT2D eigenvalue weighted by Gasteiger charge is 2.64. The molecule has 5 atom stereocenters. The Kier molecular flexibility index (Phi) is 5.72. The van der Waals surface area contributed by atoms with E-state index < -0.39 is 6.10 Å². The van der Waals surface area contributed by atoms with Crippen molar-refractivity contribution in [3.05, 3.63) is 101 Å². The van der Waals surface area contributed by atoms with E-state index in [2.05, 4.69) is 53.7 Å². The zero-order valence-electron chi connectivity index (χ0n) is 22.0. The molecule has 6 heteroatoms. The molecule has 7 rings (SSSR count). The number of likely N-dealkylation sites (N-methyl/N-ethyl adjacent to an activating group) is 1. The number of hydrogen-bond donors (Lipinski definition) is 2. The number of nitrogens with one attached hydrogen (secondary N) is 1. The summed E-state index contributed by atoms with van der Waals surface area (Å²) in [6.45, 7) is 1.47. The van der Waals surface area contributed by atoms with Crippen LogP contribution in [-0.4, -0.2) is 60.6 Å². The van der Waals surface area contributed by atoms with Crippen molar-refractivity contribution in [1.82, 2.24) is 10.2 Å². The Balaban J connectivity index is 1.08. The fourth-order valence-corrected chi connectivity index (χ4v) is 7.46. The Labute approximate surface area is 228 Å². The molecule has 0 saturated carbocycles. The van der Waals surface area contributed by atoms with Gasteiger partial charge in [-0.25, -0.2) is 0 Å². The molecule has 1 saturated heterocycles. The first-order valence-electron chi connectivity index (χ1n) is 13.8. The van der Waals surface area contributed by atoms with Gasteiger partial charge in [-0.1, -0.05) is 66.7 Å². The largest absolute Gasteiger partial charge is 0.485 e. The van der Waals surface area contributed by atoms with E-state index in [1.807, 2.05) is 36.4 Å². The van der Waals surface area contributed by atoms with Gasteiger partial charge in [0.1, 0.15) is 24.2 Å². The van der Waals surface area contributed by atoms with Gasteiger partial charge >= 0.3 is 0 Å². The van der Waals surface area contributed by atoms with Crippen molar-refractivity contribution in [2.24, 2.45) is 5.92 Å². The predicted octanol–water partition coefficient (Wildman–Crippen LogP) is 3.94. The van der Waals surface area contributed by atoms with Gasteiger partial charge in [-0.3, -0.25) is 9.59 Å². The van der Waals surface area contributed by atoms with Crippen LogP contribution in [0.15, 0.2) is 72.8 Å². The highest BCUT2D eigenvalue weighted by molar-refractivity contribution is 5.98. The fraction of sp³-hybridized carbons (Fsp3) is 0.333. The standard InChI is InChI=1S/C33H32N2O4/c1-35-17-15-33-26-12-13-28(37)31(33)39-30-25(11-10-24(29(30)33)18-27(26)35)32(38)34-16-14-20-2-6-22(7-3-20)23-8-4-21(19-36)5-9-23/h2-13,19,26-28,31,37H,14-18H2,1H3,(H,34,38)/t26-,27+,28?,31?,33?/m0/s1. The number of carbonyl (C=O) groups excluding carboxylic acids is 2. The minimum absolute atomic E-state index is 0.135. The van der Waals surface area contributed by atoms with Crippen molar-refractivity contribution < 1.29 is 19.4 Å². The van der Waals surface area contributed by atoms with Crippen molar-refractivity contribution in [3.8, 4) is 16.9 Å². The summed E-state index contributed by atoms with van der Waals surface area (Å²) in [7, 11) is 2.19. The quantitative estimate of drug-likeness (QED) is 0.380. The maximum absolute atomic E-state index is 13.4. The molecule has 6 nitrogen and oxygen atoms in total. The number of benzene rings is 3. The first-order chi connectivity index (χ1) is 19.0. The van der Waals surface area contributed by atoms with Gasteiger partial charge in [-0.05, 0) is 61.2 Å². The molecule has 3 unspecified atom stereocenters. The molecule has 1 amide bonds. The summed E-state index contributed by atoms with van der Waals surface area (Å²) < 4.78 is 6.51. The topological polar surface area (TPSA) is 78.9 Å². The average molecular weight is 521 g/mol. The number of aldehydes is 1. The Morgan fingerprint density at radius 1 is 1.08 bits per heavy atom. The number of likely N-dealkylation sites (tertiary alicyclic amines) is 1. The van der Waals surface area contributed by atoms with Crippen molar-refractivity contribution >= 4 is 12.2 Å². The molecule has 2 heterocycles. The number of rotatable bonds is 6. The zero-order chi connectivity index (χ0) is 26.7. The van der Waals surface area contributed by atoms with Crippen LogP contribution in [0.1, 0.15) is 43.8 Å². The lowest BCUT2D eigenvalue weighted by molar-refractivity contribution is -0.0451. The van der Waals surface area contributed by atoms with E-state index in [9.17, 15) is 14.7 Å². The molecule has 39 heavy (non-hydrogen) atoms. The molecular formula is C33H32N2O4. The van der Waals surface area contributed by atoms with Crippen LogP contribution in [-0.2, 0) is 18.3 Å². The van der Waals surface area contributed by atoms with Crippen LogP contribution in [0.4, 0.5) is 0 Å². The first-order valence-corrected chi connectivity index (χ1v) is 13.8. The second-order valence-corrected chi connectivity index (χ2v) is 11.4.